The highest BCUT2D eigenvalue weighted by Crippen LogP contribution is 2.11. The highest BCUT2D eigenvalue weighted by molar-refractivity contribution is 5.90. The SMILES string of the molecule is CC(C)N(CCC#N)CCCC(=O)Nc1ccc(N)cc1. The van der Waals surface area contributed by atoms with Crippen LogP contribution in [0.4, 0.5) is 11.4 Å². The fourth-order valence-corrected chi connectivity index (χ4v) is 2.05. The number of nitrogens with one attached hydrogen (secondary N) is 1. The number of hydrogen-bond acceptors (Lipinski definition) is 4. The number of nitrogen functional groups attached to an aromatic ring is 1. The van der Waals surface area contributed by atoms with Gasteiger partial charge in [0.15, 0.2) is 0 Å². The van der Waals surface area contributed by atoms with Gasteiger partial charge in [-0.3, -0.25) is 9.69 Å². The van der Waals surface area contributed by atoms with Gasteiger partial charge in [0.1, 0.15) is 0 Å². The van der Waals surface area contributed by atoms with Crippen LogP contribution >= 0.6 is 0 Å². The van der Waals surface area contributed by atoms with Gasteiger partial charge in [0.25, 0.3) is 0 Å². The molecule has 0 atom stereocenters. The van der Waals surface area contributed by atoms with E-state index in [0.717, 1.165) is 25.2 Å². The number of carbonyl (C=O) groups excluding carboxylic acids is 1. The van der Waals surface area contributed by atoms with E-state index in [2.05, 4.69) is 30.1 Å². The third-order valence-corrected chi connectivity index (χ3v) is 3.28. The Morgan fingerprint density at radius 1 is 1.33 bits per heavy atom. The smallest absolute Gasteiger partial charge is 0.224 e. The highest BCUT2D eigenvalue weighted by Gasteiger charge is 2.10. The second-order valence-electron chi connectivity index (χ2n) is 5.31. The van der Waals surface area contributed by atoms with Gasteiger partial charge in [-0.25, -0.2) is 0 Å². The van der Waals surface area contributed by atoms with Gasteiger partial charge in [0, 0.05) is 36.8 Å². The van der Waals surface area contributed by atoms with Crippen LogP contribution in [0.3, 0.4) is 0 Å². The van der Waals surface area contributed by atoms with E-state index >= 15 is 0 Å². The van der Waals surface area contributed by atoms with Crippen molar-refractivity contribution in [2.45, 2.75) is 39.2 Å². The zero-order chi connectivity index (χ0) is 15.7. The Bertz CT molecular complexity index is 476. The van der Waals surface area contributed by atoms with Crippen molar-refractivity contribution in [2.75, 3.05) is 24.1 Å². The third-order valence-electron chi connectivity index (χ3n) is 3.28. The minimum Gasteiger partial charge on any atom is -0.399 e. The molecule has 0 aliphatic carbocycles. The van der Waals surface area contributed by atoms with Gasteiger partial charge in [-0.05, 0) is 51.1 Å². The lowest BCUT2D eigenvalue weighted by Gasteiger charge is -2.25. The lowest BCUT2D eigenvalue weighted by atomic mass is 10.2. The van der Waals surface area contributed by atoms with Gasteiger partial charge in [-0.2, -0.15) is 5.26 Å². The summed E-state index contributed by atoms with van der Waals surface area (Å²) in [7, 11) is 0. The van der Waals surface area contributed by atoms with Crippen LogP contribution < -0.4 is 11.1 Å². The summed E-state index contributed by atoms with van der Waals surface area (Å²) in [5, 5.41) is 11.5. The summed E-state index contributed by atoms with van der Waals surface area (Å²) in [5.74, 6) is 0.00348. The van der Waals surface area contributed by atoms with Gasteiger partial charge in [0.05, 0.1) is 6.07 Å². The largest absolute Gasteiger partial charge is 0.399 e. The molecule has 1 aromatic rings. The first-order chi connectivity index (χ1) is 10.0. The second-order valence-corrected chi connectivity index (χ2v) is 5.31. The maximum absolute atomic E-state index is 11.8. The number of nitrogens with two attached hydrogens (primary N) is 1. The predicted octanol–water partition coefficient (Wildman–Crippen LogP) is 2.61. The van der Waals surface area contributed by atoms with Crippen LogP contribution in [0.25, 0.3) is 0 Å². The number of rotatable bonds is 8. The van der Waals surface area contributed by atoms with E-state index in [1.54, 1.807) is 24.3 Å². The average molecular weight is 288 g/mol. The van der Waals surface area contributed by atoms with E-state index < -0.39 is 0 Å². The van der Waals surface area contributed by atoms with Crippen molar-refractivity contribution >= 4 is 17.3 Å². The zero-order valence-corrected chi connectivity index (χ0v) is 12.8. The summed E-state index contributed by atoms with van der Waals surface area (Å²) in [6.07, 6.45) is 1.78. The maximum atomic E-state index is 11.8. The first kappa shape index (κ1) is 17.0. The summed E-state index contributed by atoms with van der Waals surface area (Å²) in [5.41, 5.74) is 7.04. The molecule has 0 aromatic heterocycles. The lowest BCUT2D eigenvalue weighted by molar-refractivity contribution is -0.116. The molecule has 0 bridgehead atoms. The van der Waals surface area contributed by atoms with E-state index in [-0.39, 0.29) is 5.91 Å². The van der Waals surface area contributed by atoms with Crippen LogP contribution in [0.5, 0.6) is 0 Å². The minimum absolute atomic E-state index is 0.00348. The van der Waals surface area contributed by atoms with E-state index in [0.29, 0.717) is 24.6 Å². The molecule has 3 N–H and O–H groups in total. The molecule has 0 unspecified atom stereocenters. The molecule has 114 valence electrons. The molecule has 0 saturated heterocycles. The normalized spacial score (nSPS) is 10.6. The molecule has 21 heavy (non-hydrogen) atoms. The number of nitriles is 1. The Labute approximate surface area is 126 Å². The Balaban J connectivity index is 2.32. The van der Waals surface area contributed by atoms with Gasteiger partial charge in [-0.1, -0.05) is 0 Å². The average Bonchev–Trinajstić information content (AvgIpc) is 2.44. The van der Waals surface area contributed by atoms with Crippen LogP contribution in [0.1, 0.15) is 33.1 Å². The standard InChI is InChI=1S/C16H24N4O/c1-13(2)20(12-4-10-17)11-3-5-16(21)19-15-8-6-14(18)7-9-15/h6-9,13H,3-5,11-12,18H2,1-2H3,(H,19,21). The second kappa shape index (κ2) is 8.98. The third kappa shape index (κ3) is 6.77. The van der Waals surface area contributed by atoms with Crippen LogP contribution in [0.15, 0.2) is 24.3 Å². The van der Waals surface area contributed by atoms with Gasteiger partial charge < -0.3 is 11.1 Å². The molecule has 0 fully saturated rings. The number of nitrogens with zero attached hydrogens (tertiary/aromatic N) is 2. The molecule has 0 radical (unpaired) electrons. The van der Waals surface area contributed by atoms with Crippen LogP contribution in [-0.4, -0.2) is 29.9 Å². The van der Waals surface area contributed by atoms with Crippen LogP contribution in [0, 0.1) is 11.3 Å². The number of carbonyl (C=O) groups is 1. The van der Waals surface area contributed by atoms with Crippen molar-refractivity contribution in [1.29, 1.82) is 5.26 Å². The van der Waals surface area contributed by atoms with Crippen molar-refractivity contribution in [1.82, 2.24) is 4.90 Å². The summed E-state index contributed by atoms with van der Waals surface area (Å²) in [6, 6.07) is 9.65. The topological polar surface area (TPSA) is 82.2 Å². The fraction of sp³-hybridized carbons (Fsp3) is 0.500. The van der Waals surface area contributed by atoms with Crippen LogP contribution in [-0.2, 0) is 4.79 Å². The van der Waals surface area contributed by atoms with Gasteiger partial charge >= 0.3 is 0 Å². The molecule has 0 aliphatic rings. The highest BCUT2D eigenvalue weighted by atomic mass is 16.1. The molecule has 5 nitrogen and oxygen atoms in total. The van der Waals surface area contributed by atoms with Crippen molar-refractivity contribution < 1.29 is 4.79 Å². The van der Waals surface area contributed by atoms with Crippen LogP contribution in [0.2, 0.25) is 0 Å². The maximum Gasteiger partial charge on any atom is 0.224 e. The number of amides is 1. The number of hydrogen-bond donors (Lipinski definition) is 2. The summed E-state index contributed by atoms with van der Waals surface area (Å²) in [6.45, 7) is 5.79. The zero-order valence-electron chi connectivity index (χ0n) is 12.8. The minimum atomic E-state index is 0.00348. The van der Waals surface area contributed by atoms with E-state index in [1.807, 2.05) is 0 Å². The van der Waals surface area contributed by atoms with E-state index in [9.17, 15) is 4.79 Å². The van der Waals surface area contributed by atoms with E-state index in [1.165, 1.54) is 0 Å². The summed E-state index contributed by atoms with van der Waals surface area (Å²) < 4.78 is 0. The molecule has 5 heteroatoms. The summed E-state index contributed by atoms with van der Waals surface area (Å²) in [4.78, 5) is 14.1. The molecular formula is C16H24N4O. The molecule has 0 spiro atoms. The van der Waals surface area contributed by atoms with Crippen molar-refractivity contribution in [3.05, 3.63) is 24.3 Å². The first-order valence-electron chi connectivity index (χ1n) is 7.29. The molecular weight excluding hydrogens is 264 g/mol. The first-order valence-corrected chi connectivity index (χ1v) is 7.29. The number of anilines is 2. The molecule has 1 aromatic carbocycles. The lowest BCUT2D eigenvalue weighted by Crippen LogP contribution is -2.33. The van der Waals surface area contributed by atoms with Crippen molar-refractivity contribution in [3.63, 3.8) is 0 Å². The Kier molecular flexibility index (Phi) is 7.27. The van der Waals surface area contributed by atoms with Crippen molar-refractivity contribution in [3.8, 4) is 6.07 Å². The molecule has 0 heterocycles. The molecule has 1 amide bonds. The number of benzene rings is 1. The Morgan fingerprint density at radius 2 is 2.00 bits per heavy atom. The fourth-order valence-electron chi connectivity index (χ4n) is 2.05. The predicted molar refractivity (Wildman–Crippen MR) is 85.7 cm³/mol. The Morgan fingerprint density at radius 3 is 2.57 bits per heavy atom. The Hall–Kier alpha value is -2.06. The summed E-state index contributed by atoms with van der Waals surface area (Å²) >= 11 is 0. The van der Waals surface area contributed by atoms with Gasteiger partial charge in [-0.15, -0.1) is 0 Å². The van der Waals surface area contributed by atoms with Crippen molar-refractivity contribution in [2.24, 2.45) is 0 Å². The molecule has 0 aliphatic heterocycles. The quantitative estimate of drug-likeness (QED) is 0.720. The molecule has 0 saturated carbocycles. The van der Waals surface area contributed by atoms with Gasteiger partial charge in [0.2, 0.25) is 5.91 Å². The monoisotopic (exact) mass is 288 g/mol. The molecule has 1 rings (SSSR count). The van der Waals surface area contributed by atoms with E-state index in [4.69, 9.17) is 11.0 Å².